The first-order valence-corrected chi connectivity index (χ1v) is 20.6. The normalized spacial score (nSPS) is 12.5. The van der Waals surface area contributed by atoms with Crippen LogP contribution in [0.4, 0.5) is 0 Å². The molecule has 0 aromatic carbocycles. The quantitative estimate of drug-likeness (QED) is 0.0280. The van der Waals surface area contributed by atoms with Crippen LogP contribution >= 0.6 is 0 Å². The highest BCUT2D eigenvalue weighted by atomic mass is 16.6. The Bertz CT molecular complexity index is 902. The summed E-state index contributed by atoms with van der Waals surface area (Å²) in [5.41, 5.74) is 0. The van der Waals surface area contributed by atoms with Crippen molar-refractivity contribution in [1.82, 2.24) is 0 Å². The molecular formula is C44H76O6. The Morgan fingerprint density at radius 2 is 0.780 bits per heavy atom. The summed E-state index contributed by atoms with van der Waals surface area (Å²) in [6.45, 7) is 6.37. The van der Waals surface area contributed by atoms with Crippen molar-refractivity contribution in [2.75, 3.05) is 13.2 Å². The number of unbranched alkanes of at least 4 members (excludes halogenated alkanes) is 17. The molecular weight excluding hydrogens is 624 g/mol. The average Bonchev–Trinajstić information content (AvgIpc) is 3.11. The summed E-state index contributed by atoms with van der Waals surface area (Å²) < 4.78 is 16.5. The van der Waals surface area contributed by atoms with E-state index < -0.39 is 6.10 Å². The minimum absolute atomic E-state index is 0.0835. The van der Waals surface area contributed by atoms with Crippen molar-refractivity contribution in [2.24, 2.45) is 0 Å². The molecule has 0 rings (SSSR count). The lowest BCUT2D eigenvalue weighted by Gasteiger charge is -2.18. The van der Waals surface area contributed by atoms with Crippen molar-refractivity contribution in [2.45, 2.75) is 200 Å². The van der Waals surface area contributed by atoms with E-state index >= 15 is 0 Å². The Morgan fingerprint density at radius 3 is 1.28 bits per heavy atom. The van der Waals surface area contributed by atoms with Crippen LogP contribution in [-0.4, -0.2) is 37.2 Å². The molecule has 50 heavy (non-hydrogen) atoms. The SMILES string of the molecule is CC/C=C\C/C=C\C/C=C\CCCCCCCC(=O)OCC(COC(=O)CCCCCCC)OC(=O)CCCCCCC/C=C\CCCCC. The summed E-state index contributed by atoms with van der Waals surface area (Å²) in [5.74, 6) is -0.930. The van der Waals surface area contributed by atoms with Crippen molar-refractivity contribution < 1.29 is 28.6 Å². The first-order chi connectivity index (χ1) is 24.5. The van der Waals surface area contributed by atoms with E-state index in [1.807, 2.05) is 0 Å². The molecule has 0 fully saturated rings. The lowest BCUT2D eigenvalue weighted by Crippen LogP contribution is -2.30. The topological polar surface area (TPSA) is 78.9 Å². The maximum Gasteiger partial charge on any atom is 0.306 e. The molecule has 0 heterocycles. The molecule has 6 heteroatoms. The molecule has 0 aliphatic carbocycles. The molecule has 0 saturated heterocycles. The van der Waals surface area contributed by atoms with Crippen molar-refractivity contribution >= 4 is 17.9 Å². The second kappa shape index (κ2) is 39.2. The van der Waals surface area contributed by atoms with Gasteiger partial charge in [-0.1, -0.05) is 146 Å². The molecule has 0 spiro atoms. The number of carbonyl (C=O) groups excluding carboxylic acids is 3. The van der Waals surface area contributed by atoms with Gasteiger partial charge in [0.25, 0.3) is 0 Å². The summed E-state index contributed by atoms with van der Waals surface area (Å²) in [4.78, 5) is 37.3. The van der Waals surface area contributed by atoms with E-state index in [1.165, 1.54) is 38.5 Å². The zero-order valence-electron chi connectivity index (χ0n) is 32.7. The van der Waals surface area contributed by atoms with Gasteiger partial charge >= 0.3 is 17.9 Å². The molecule has 0 aliphatic heterocycles. The van der Waals surface area contributed by atoms with Gasteiger partial charge in [-0.25, -0.2) is 0 Å². The molecule has 0 amide bonds. The number of esters is 3. The van der Waals surface area contributed by atoms with Gasteiger partial charge in [0.15, 0.2) is 6.10 Å². The minimum Gasteiger partial charge on any atom is -0.462 e. The average molecular weight is 701 g/mol. The van der Waals surface area contributed by atoms with E-state index in [2.05, 4.69) is 69.4 Å². The van der Waals surface area contributed by atoms with E-state index in [-0.39, 0.29) is 31.1 Å². The predicted octanol–water partition coefficient (Wildman–Crippen LogP) is 12.8. The largest absolute Gasteiger partial charge is 0.462 e. The zero-order valence-corrected chi connectivity index (χ0v) is 32.7. The van der Waals surface area contributed by atoms with Crippen molar-refractivity contribution in [3.63, 3.8) is 0 Å². The van der Waals surface area contributed by atoms with Crippen molar-refractivity contribution in [1.29, 1.82) is 0 Å². The molecule has 288 valence electrons. The monoisotopic (exact) mass is 701 g/mol. The zero-order chi connectivity index (χ0) is 36.6. The molecule has 0 aromatic rings. The molecule has 6 nitrogen and oxygen atoms in total. The number of carbonyl (C=O) groups is 3. The number of allylic oxidation sites excluding steroid dienone is 8. The maximum atomic E-state index is 12.6. The molecule has 0 saturated carbocycles. The molecule has 0 aromatic heterocycles. The van der Waals surface area contributed by atoms with Crippen LogP contribution in [0.15, 0.2) is 48.6 Å². The van der Waals surface area contributed by atoms with E-state index in [1.54, 1.807) is 0 Å². The molecule has 1 unspecified atom stereocenters. The Balaban J connectivity index is 4.30. The van der Waals surface area contributed by atoms with Crippen LogP contribution in [0.1, 0.15) is 194 Å². The summed E-state index contributed by atoms with van der Waals surface area (Å²) in [5, 5.41) is 0. The Kier molecular flexibility index (Phi) is 37.1. The molecule has 0 bridgehead atoms. The highest BCUT2D eigenvalue weighted by Crippen LogP contribution is 2.12. The standard InChI is InChI=1S/C44H76O6/c1-4-7-10-13-15-17-19-21-22-23-25-26-28-31-34-37-43(46)49-40-41(39-48-42(45)36-33-30-12-9-6-3)50-44(47)38-35-32-29-27-24-20-18-16-14-11-8-5-2/h7,10,15-18,21-22,41H,4-6,8-9,11-14,19-20,23-40H2,1-3H3/b10-7-,17-15-,18-16-,22-21-. The fourth-order valence-corrected chi connectivity index (χ4v) is 5.45. The summed E-state index contributed by atoms with van der Waals surface area (Å²) in [6.07, 6.45) is 44.0. The van der Waals surface area contributed by atoms with Crippen LogP contribution < -0.4 is 0 Å². The smallest absolute Gasteiger partial charge is 0.306 e. The van der Waals surface area contributed by atoms with Gasteiger partial charge in [0, 0.05) is 19.3 Å². The van der Waals surface area contributed by atoms with Gasteiger partial charge in [0.2, 0.25) is 0 Å². The van der Waals surface area contributed by atoms with Crippen molar-refractivity contribution in [3.8, 4) is 0 Å². The third kappa shape index (κ3) is 36.6. The number of ether oxygens (including phenoxy) is 3. The molecule has 0 N–H and O–H groups in total. The van der Waals surface area contributed by atoms with Crippen LogP contribution in [0.3, 0.4) is 0 Å². The molecule has 1 atom stereocenters. The lowest BCUT2D eigenvalue weighted by molar-refractivity contribution is -0.167. The van der Waals surface area contributed by atoms with Gasteiger partial charge in [-0.3, -0.25) is 14.4 Å². The van der Waals surface area contributed by atoms with E-state index in [0.29, 0.717) is 19.3 Å². The van der Waals surface area contributed by atoms with Crippen LogP contribution in [-0.2, 0) is 28.6 Å². The Hall–Kier alpha value is -2.63. The van der Waals surface area contributed by atoms with Crippen LogP contribution in [0.5, 0.6) is 0 Å². The summed E-state index contributed by atoms with van der Waals surface area (Å²) in [7, 11) is 0. The van der Waals surface area contributed by atoms with Gasteiger partial charge in [0.05, 0.1) is 0 Å². The van der Waals surface area contributed by atoms with Crippen molar-refractivity contribution in [3.05, 3.63) is 48.6 Å². The Labute approximate surface area is 307 Å². The van der Waals surface area contributed by atoms with Gasteiger partial charge in [-0.05, 0) is 77.0 Å². The Morgan fingerprint density at radius 1 is 0.420 bits per heavy atom. The first-order valence-electron chi connectivity index (χ1n) is 20.6. The van der Waals surface area contributed by atoms with Crippen LogP contribution in [0, 0.1) is 0 Å². The highest BCUT2D eigenvalue weighted by molar-refractivity contribution is 5.71. The fourth-order valence-electron chi connectivity index (χ4n) is 5.45. The number of hydrogen-bond donors (Lipinski definition) is 0. The van der Waals surface area contributed by atoms with E-state index in [9.17, 15) is 14.4 Å². The fraction of sp³-hybridized carbons (Fsp3) is 0.750. The van der Waals surface area contributed by atoms with Gasteiger partial charge < -0.3 is 14.2 Å². The molecule has 0 radical (unpaired) electrons. The highest BCUT2D eigenvalue weighted by Gasteiger charge is 2.19. The second-order valence-electron chi connectivity index (χ2n) is 13.5. The van der Waals surface area contributed by atoms with E-state index in [4.69, 9.17) is 14.2 Å². The lowest BCUT2D eigenvalue weighted by atomic mass is 10.1. The van der Waals surface area contributed by atoms with Gasteiger partial charge in [0.1, 0.15) is 13.2 Å². The van der Waals surface area contributed by atoms with Gasteiger partial charge in [-0.2, -0.15) is 0 Å². The predicted molar refractivity (Wildman–Crippen MR) is 210 cm³/mol. The van der Waals surface area contributed by atoms with Crippen LogP contribution in [0.2, 0.25) is 0 Å². The first kappa shape index (κ1) is 47.4. The third-order valence-corrected chi connectivity index (χ3v) is 8.57. The van der Waals surface area contributed by atoms with Gasteiger partial charge in [-0.15, -0.1) is 0 Å². The minimum atomic E-state index is -0.777. The number of hydrogen-bond acceptors (Lipinski definition) is 6. The summed E-state index contributed by atoms with van der Waals surface area (Å²) >= 11 is 0. The second-order valence-corrected chi connectivity index (χ2v) is 13.5. The molecule has 0 aliphatic rings. The van der Waals surface area contributed by atoms with E-state index in [0.717, 1.165) is 116 Å². The maximum absolute atomic E-state index is 12.6. The third-order valence-electron chi connectivity index (χ3n) is 8.57. The van der Waals surface area contributed by atoms with Crippen LogP contribution in [0.25, 0.3) is 0 Å². The number of rotatable bonds is 36. The summed E-state index contributed by atoms with van der Waals surface area (Å²) in [6, 6.07) is 0.